The van der Waals surface area contributed by atoms with Gasteiger partial charge in [-0.3, -0.25) is 14.7 Å². The summed E-state index contributed by atoms with van der Waals surface area (Å²) >= 11 is 1.50. The number of rotatable bonds is 8. The van der Waals surface area contributed by atoms with Gasteiger partial charge in [-0.05, 0) is 68.8 Å². The molecule has 0 aliphatic heterocycles. The molecule has 0 saturated heterocycles. The monoisotopic (exact) mass is 447 g/mol. The van der Waals surface area contributed by atoms with Crippen molar-refractivity contribution in [3.63, 3.8) is 0 Å². The molecule has 4 aromatic rings. The molecule has 0 fully saturated rings. The molecule has 7 heteroatoms. The van der Waals surface area contributed by atoms with Gasteiger partial charge >= 0.3 is 0 Å². The second kappa shape index (κ2) is 9.78. The summed E-state index contributed by atoms with van der Waals surface area (Å²) in [6.45, 7) is 7.18. The van der Waals surface area contributed by atoms with Crippen LogP contribution in [0, 0.1) is 6.92 Å². The fourth-order valence-electron chi connectivity index (χ4n) is 3.36. The average molecular weight is 448 g/mol. The number of thiazole rings is 1. The predicted molar refractivity (Wildman–Crippen MR) is 128 cm³/mol. The first-order valence-corrected chi connectivity index (χ1v) is 11.4. The van der Waals surface area contributed by atoms with Crippen molar-refractivity contribution < 1.29 is 14.3 Å². The van der Waals surface area contributed by atoms with Gasteiger partial charge in [-0.15, -0.1) is 0 Å². The third-order valence-electron chi connectivity index (χ3n) is 4.85. The van der Waals surface area contributed by atoms with Crippen molar-refractivity contribution in [2.24, 2.45) is 0 Å². The molecule has 2 aromatic heterocycles. The minimum absolute atomic E-state index is 0.171. The summed E-state index contributed by atoms with van der Waals surface area (Å²) in [5.74, 6) is 1.01. The van der Waals surface area contributed by atoms with Crippen molar-refractivity contribution in [2.45, 2.75) is 27.3 Å². The van der Waals surface area contributed by atoms with Gasteiger partial charge in [0.25, 0.3) is 5.91 Å². The third kappa shape index (κ3) is 4.73. The number of anilines is 1. The number of aromatic nitrogens is 2. The lowest BCUT2D eigenvalue weighted by Gasteiger charge is -2.20. The number of carbonyl (C=O) groups is 1. The van der Waals surface area contributed by atoms with Crippen LogP contribution >= 0.6 is 11.3 Å². The molecule has 0 atom stereocenters. The summed E-state index contributed by atoms with van der Waals surface area (Å²) in [7, 11) is 0. The molecule has 1 amide bonds. The fourth-order valence-corrected chi connectivity index (χ4v) is 4.42. The quantitative estimate of drug-likeness (QED) is 0.349. The Balaban J connectivity index is 1.75. The Morgan fingerprint density at radius 3 is 2.56 bits per heavy atom. The zero-order chi connectivity index (χ0) is 22.5. The topological polar surface area (TPSA) is 64.5 Å². The van der Waals surface area contributed by atoms with E-state index >= 15 is 0 Å². The molecule has 2 aromatic carbocycles. The van der Waals surface area contributed by atoms with Crippen LogP contribution in [0.15, 0.2) is 60.8 Å². The van der Waals surface area contributed by atoms with E-state index in [4.69, 9.17) is 14.5 Å². The van der Waals surface area contributed by atoms with Crippen molar-refractivity contribution in [2.75, 3.05) is 18.1 Å². The number of ether oxygens (including phenoxy) is 2. The zero-order valence-corrected chi connectivity index (χ0v) is 19.2. The highest BCUT2D eigenvalue weighted by Gasteiger charge is 2.23. The molecule has 164 valence electrons. The molecule has 0 unspecified atom stereocenters. The van der Waals surface area contributed by atoms with Crippen LogP contribution < -0.4 is 14.4 Å². The first kappa shape index (κ1) is 21.8. The van der Waals surface area contributed by atoms with E-state index in [0.717, 1.165) is 21.5 Å². The molecule has 4 rings (SSSR count). The normalized spacial score (nSPS) is 10.8. The standard InChI is InChI=1S/C25H25N3O3S/c1-4-30-21-12-10-18(15-22(21)31-5-2)24(29)28(16-19-8-6-7-13-26-19)25-27-20-11-9-17(3)14-23(20)32-25/h6-15H,4-5,16H2,1-3H3. The molecule has 0 aliphatic carbocycles. The Hall–Kier alpha value is -3.45. The Kier molecular flexibility index (Phi) is 6.66. The van der Waals surface area contributed by atoms with Crippen molar-refractivity contribution in [1.82, 2.24) is 9.97 Å². The summed E-state index contributed by atoms with van der Waals surface area (Å²) in [4.78, 5) is 24.5. The lowest BCUT2D eigenvalue weighted by molar-refractivity contribution is 0.0984. The predicted octanol–water partition coefficient (Wildman–Crippen LogP) is 5.64. The van der Waals surface area contributed by atoms with Gasteiger partial charge < -0.3 is 9.47 Å². The maximum Gasteiger partial charge on any atom is 0.260 e. The summed E-state index contributed by atoms with van der Waals surface area (Å²) in [6, 6.07) is 17.1. The van der Waals surface area contributed by atoms with E-state index < -0.39 is 0 Å². The second-order valence-corrected chi connectivity index (χ2v) is 8.22. The molecular formula is C25H25N3O3S. The zero-order valence-electron chi connectivity index (χ0n) is 18.4. The number of benzene rings is 2. The van der Waals surface area contributed by atoms with Crippen molar-refractivity contribution in [3.8, 4) is 11.5 Å². The van der Waals surface area contributed by atoms with Gasteiger partial charge in [0.2, 0.25) is 0 Å². The average Bonchev–Trinajstić information content (AvgIpc) is 3.22. The van der Waals surface area contributed by atoms with E-state index in [1.54, 1.807) is 29.3 Å². The fraction of sp³-hybridized carbons (Fsp3) is 0.240. The van der Waals surface area contributed by atoms with E-state index in [1.807, 2.05) is 51.1 Å². The molecule has 32 heavy (non-hydrogen) atoms. The molecular weight excluding hydrogens is 422 g/mol. The number of pyridine rings is 1. The Bertz CT molecular complexity index is 1220. The van der Waals surface area contributed by atoms with Crippen molar-refractivity contribution >= 4 is 32.6 Å². The van der Waals surface area contributed by atoms with Crippen LogP contribution in [0.4, 0.5) is 5.13 Å². The molecule has 0 spiro atoms. The Morgan fingerprint density at radius 2 is 1.81 bits per heavy atom. The number of amides is 1. The summed E-state index contributed by atoms with van der Waals surface area (Å²) < 4.78 is 12.4. The number of fused-ring (bicyclic) bond motifs is 1. The van der Waals surface area contributed by atoms with Gasteiger partial charge in [0.15, 0.2) is 16.6 Å². The third-order valence-corrected chi connectivity index (χ3v) is 5.89. The van der Waals surface area contributed by atoms with Crippen LogP contribution in [0.5, 0.6) is 11.5 Å². The first-order valence-electron chi connectivity index (χ1n) is 10.6. The molecule has 6 nitrogen and oxygen atoms in total. The molecule has 0 saturated carbocycles. The van der Waals surface area contributed by atoms with Crippen LogP contribution in [0.1, 0.15) is 35.5 Å². The lowest BCUT2D eigenvalue weighted by atomic mass is 10.1. The molecule has 0 bridgehead atoms. The Labute approximate surface area is 191 Å². The number of hydrogen-bond acceptors (Lipinski definition) is 6. The maximum absolute atomic E-state index is 13.7. The first-order chi connectivity index (χ1) is 15.6. The van der Waals surface area contributed by atoms with Gasteiger partial charge in [-0.2, -0.15) is 0 Å². The minimum atomic E-state index is -0.171. The van der Waals surface area contributed by atoms with Crippen molar-refractivity contribution in [1.29, 1.82) is 0 Å². The summed E-state index contributed by atoms with van der Waals surface area (Å²) in [5, 5.41) is 0.632. The summed E-state index contributed by atoms with van der Waals surface area (Å²) in [6.07, 6.45) is 1.73. The van der Waals surface area contributed by atoms with Gasteiger partial charge in [0, 0.05) is 11.8 Å². The van der Waals surface area contributed by atoms with E-state index in [0.29, 0.717) is 42.0 Å². The van der Waals surface area contributed by atoms with Crippen LogP contribution in [-0.2, 0) is 6.54 Å². The van der Waals surface area contributed by atoms with Gasteiger partial charge in [0.05, 0.1) is 35.7 Å². The smallest absolute Gasteiger partial charge is 0.260 e. The highest BCUT2D eigenvalue weighted by Crippen LogP contribution is 2.33. The van der Waals surface area contributed by atoms with Gasteiger partial charge in [0.1, 0.15) is 0 Å². The van der Waals surface area contributed by atoms with Crippen LogP contribution in [0.25, 0.3) is 10.2 Å². The number of nitrogens with zero attached hydrogens (tertiary/aromatic N) is 3. The summed E-state index contributed by atoms with van der Waals surface area (Å²) in [5.41, 5.74) is 3.31. The van der Waals surface area contributed by atoms with Crippen LogP contribution in [-0.4, -0.2) is 29.1 Å². The van der Waals surface area contributed by atoms with E-state index in [2.05, 4.69) is 11.1 Å². The maximum atomic E-state index is 13.7. The van der Waals surface area contributed by atoms with E-state index in [9.17, 15) is 4.79 Å². The van der Waals surface area contributed by atoms with Crippen LogP contribution in [0.3, 0.4) is 0 Å². The lowest BCUT2D eigenvalue weighted by Crippen LogP contribution is -2.30. The second-order valence-electron chi connectivity index (χ2n) is 7.21. The highest BCUT2D eigenvalue weighted by atomic mass is 32.1. The Morgan fingerprint density at radius 1 is 1.00 bits per heavy atom. The number of carbonyl (C=O) groups excluding carboxylic acids is 1. The molecule has 0 aliphatic rings. The highest BCUT2D eigenvalue weighted by molar-refractivity contribution is 7.22. The van der Waals surface area contributed by atoms with Gasteiger partial charge in [-0.25, -0.2) is 4.98 Å². The minimum Gasteiger partial charge on any atom is -0.490 e. The number of aryl methyl sites for hydroxylation is 1. The number of hydrogen-bond donors (Lipinski definition) is 0. The molecule has 0 radical (unpaired) electrons. The largest absolute Gasteiger partial charge is 0.490 e. The molecule has 0 N–H and O–H groups in total. The van der Waals surface area contributed by atoms with Gasteiger partial charge in [-0.1, -0.05) is 23.5 Å². The SMILES string of the molecule is CCOc1ccc(C(=O)N(Cc2ccccn2)c2nc3ccc(C)cc3s2)cc1OCC. The van der Waals surface area contributed by atoms with E-state index in [-0.39, 0.29) is 5.91 Å². The van der Waals surface area contributed by atoms with Crippen molar-refractivity contribution in [3.05, 3.63) is 77.6 Å². The van der Waals surface area contributed by atoms with E-state index in [1.165, 1.54) is 11.3 Å². The van der Waals surface area contributed by atoms with Crippen LogP contribution in [0.2, 0.25) is 0 Å². The molecule has 2 heterocycles.